The van der Waals surface area contributed by atoms with Crippen molar-refractivity contribution in [1.82, 2.24) is 19.9 Å². The van der Waals surface area contributed by atoms with Gasteiger partial charge in [-0.05, 0) is 45.8 Å². The van der Waals surface area contributed by atoms with Crippen LogP contribution in [0.4, 0.5) is 5.69 Å². The van der Waals surface area contributed by atoms with Crippen molar-refractivity contribution in [2.45, 2.75) is 38.1 Å². The second kappa shape index (κ2) is 6.82. The molecule has 2 fully saturated rings. The highest BCUT2D eigenvalue weighted by Gasteiger charge is 2.35. The Balaban J connectivity index is 1.79. The fourth-order valence-corrected chi connectivity index (χ4v) is 4.31. The lowest BCUT2D eigenvalue weighted by atomic mass is 9.96. The second-order valence-electron chi connectivity index (χ2n) is 8.28. The first-order valence-electron chi connectivity index (χ1n) is 10.1. The normalized spacial score (nSPS) is 19.3. The molecule has 5 rings (SSSR count). The van der Waals surface area contributed by atoms with Crippen LogP contribution in [0.15, 0.2) is 23.0 Å². The van der Waals surface area contributed by atoms with Crippen molar-refractivity contribution >= 4 is 16.8 Å². The SMILES string of the molecule is Cc1c(-c2cnccn2)c(N2CC[C@H](N(C)C)C2)c2oc(C3CC3)nc2c1C#N. The van der Waals surface area contributed by atoms with Crippen LogP contribution in [0, 0.1) is 18.3 Å². The van der Waals surface area contributed by atoms with Gasteiger partial charge in [-0.15, -0.1) is 0 Å². The van der Waals surface area contributed by atoms with E-state index in [0.29, 0.717) is 28.6 Å². The predicted molar refractivity (Wildman–Crippen MR) is 111 cm³/mol. The van der Waals surface area contributed by atoms with Gasteiger partial charge < -0.3 is 14.2 Å². The van der Waals surface area contributed by atoms with Gasteiger partial charge in [0.05, 0.1) is 23.1 Å². The van der Waals surface area contributed by atoms with E-state index < -0.39 is 0 Å². The number of aromatic nitrogens is 3. The molecule has 7 nitrogen and oxygen atoms in total. The molecule has 0 bridgehead atoms. The summed E-state index contributed by atoms with van der Waals surface area (Å²) in [6.45, 7) is 3.81. The number of nitrogens with zero attached hydrogens (tertiary/aromatic N) is 6. The van der Waals surface area contributed by atoms with E-state index in [1.165, 1.54) is 0 Å². The van der Waals surface area contributed by atoms with E-state index in [0.717, 1.165) is 60.8 Å². The summed E-state index contributed by atoms with van der Waals surface area (Å²) in [4.78, 5) is 18.2. The fourth-order valence-electron chi connectivity index (χ4n) is 4.31. The van der Waals surface area contributed by atoms with Crippen LogP contribution >= 0.6 is 0 Å². The number of rotatable bonds is 4. The van der Waals surface area contributed by atoms with E-state index in [4.69, 9.17) is 9.40 Å². The molecule has 0 unspecified atom stereocenters. The van der Waals surface area contributed by atoms with Crippen LogP contribution < -0.4 is 4.90 Å². The van der Waals surface area contributed by atoms with Crippen LogP contribution in [0.1, 0.15) is 42.2 Å². The third-order valence-electron chi connectivity index (χ3n) is 6.15. The number of fused-ring (bicyclic) bond motifs is 1. The first kappa shape index (κ1) is 18.1. The molecule has 1 saturated carbocycles. The fraction of sp³-hybridized carbons (Fsp3) is 0.455. The van der Waals surface area contributed by atoms with Gasteiger partial charge in [0.25, 0.3) is 0 Å². The Bertz CT molecular complexity index is 1110. The van der Waals surface area contributed by atoms with E-state index in [2.05, 4.69) is 39.9 Å². The summed E-state index contributed by atoms with van der Waals surface area (Å²) in [7, 11) is 4.24. The lowest BCUT2D eigenvalue weighted by molar-refractivity contribution is 0.315. The highest BCUT2D eigenvalue weighted by Crippen LogP contribution is 2.47. The van der Waals surface area contributed by atoms with Crippen molar-refractivity contribution in [2.75, 3.05) is 32.1 Å². The predicted octanol–water partition coefficient (Wildman–Crippen LogP) is 3.48. The molecule has 1 aliphatic carbocycles. The molecular formula is C22H24N6O. The van der Waals surface area contributed by atoms with E-state index in [-0.39, 0.29) is 0 Å². The molecule has 2 aromatic heterocycles. The van der Waals surface area contributed by atoms with Gasteiger partial charge in [-0.3, -0.25) is 9.97 Å². The lowest BCUT2D eigenvalue weighted by Crippen LogP contribution is -2.31. The Labute approximate surface area is 170 Å². The summed E-state index contributed by atoms with van der Waals surface area (Å²) in [6.07, 6.45) is 8.41. The average Bonchev–Trinajstić information content (AvgIpc) is 3.29. The largest absolute Gasteiger partial charge is 0.438 e. The van der Waals surface area contributed by atoms with Crippen LogP contribution in [-0.2, 0) is 0 Å². The molecule has 1 atom stereocenters. The number of oxazole rings is 1. The Morgan fingerprint density at radius 2 is 2.07 bits per heavy atom. The summed E-state index contributed by atoms with van der Waals surface area (Å²) in [5.74, 6) is 1.15. The van der Waals surface area contributed by atoms with Gasteiger partial charge in [0.1, 0.15) is 11.6 Å². The molecule has 3 heterocycles. The minimum atomic E-state index is 0.384. The number of hydrogen-bond acceptors (Lipinski definition) is 7. The molecule has 2 aliphatic rings. The molecule has 0 N–H and O–H groups in total. The van der Waals surface area contributed by atoms with E-state index in [9.17, 15) is 5.26 Å². The van der Waals surface area contributed by atoms with Gasteiger partial charge in [0.15, 0.2) is 11.5 Å². The van der Waals surface area contributed by atoms with Crippen molar-refractivity contribution in [1.29, 1.82) is 5.26 Å². The Hall–Kier alpha value is -2.98. The molecule has 0 radical (unpaired) electrons. The standard InChI is InChI=1S/C22H24N6O/c1-13-16(10-23)19-21(29-22(26-19)14-4-5-14)20(18(13)17-11-24-7-8-25-17)28-9-6-15(12-28)27(2)3/h7-8,11,14-15H,4-6,9,12H2,1-3H3/t15-/m0/s1. The van der Waals surface area contributed by atoms with Gasteiger partial charge >= 0.3 is 0 Å². The number of likely N-dealkylation sites (N-methyl/N-ethyl adjacent to an activating group) is 1. The molecule has 0 spiro atoms. The van der Waals surface area contributed by atoms with Crippen molar-refractivity contribution in [3.05, 3.63) is 35.6 Å². The van der Waals surface area contributed by atoms with Crippen LogP contribution in [0.3, 0.4) is 0 Å². The number of hydrogen-bond donors (Lipinski definition) is 0. The molecule has 1 aromatic carbocycles. The third-order valence-corrected chi connectivity index (χ3v) is 6.15. The minimum absolute atomic E-state index is 0.384. The highest BCUT2D eigenvalue weighted by atomic mass is 16.4. The Morgan fingerprint density at radius 1 is 1.24 bits per heavy atom. The number of benzene rings is 1. The molecule has 3 aromatic rings. The van der Waals surface area contributed by atoms with Crippen LogP contribution in [0.5, 0.6) is 0 Å². The summed E-state index contributed by atoms with van der Waals surface area (Å²) in [5, 5.41) is 9.93. The first-order chi connectivity index (χ1) is 14.1. The van der Waals surface area contributed by atoms with Gasteiger partial charge in [-0.2, -0.15) is 5.26 Å². The zero-order valence-corrected chi connectivity index (χ0v) is 17.0. The maximum absolute atomic E-state index is 9.93. The van der Waals surface area contributed by atoms with E-state index >= 15 is 0 Å². The van der Waals surface area contributed by atoms with Crippen LogP contribution in [0.2, 0.25) is 0 Å². The summed E-state index contributed by atoms with van der Waals surface area (Å²) >= 11 is 0. The van der Waals surface area contributed by atoms with Crippen molar-refractivity contribution < 1.29 is 4.42 Å². The Morgan fingerprint density at radius 3 is 2.69 bits per heavy atom. The van der Waals surface area contributed by atoms with Gasteiger partial charge in [-0.1, -0.05) is 0 Å². The quantitative estimate of drug-likeness (QED) is 0.677. The van der Waals surface area contributed by atoms with Crippen molar-refractivity contribution in [2.24, 2.45) is 0 Å². The summed E-state index contributed by atoms with van der Waals surface area (Å²) in [6, 6.07) is 2.84. The molecule has 7 heteroatoms. The number of nitriles is 1. The Kier molecular flexibility index (Phi) is 4.25. The highest BCUT2D eigenvalue weighted by molar-refractivity contribution is 6.01. The lowest BCUT2D eigenvalue weighted by Gasteiger charge is -2.25. The summed E-state index contributed by atoms with van der Waals surface area (Å²) in [5.41, 5.74) is 5.55. The smallest absolute Gasteiger partial charge is 0.198 e. The van der Waals surface area contributed by atoms with Crippen LogP contribution in [0.25, 0.3) is 22.4 Å². The number of anilines is 1. The molecular weight excluding hydrogens is 364 g/mol. The zero-order chi connectivity index (χ0) is 20.1. The summed E-state index contributed by atoms with van der Waals surface area (Å²) < 4.78 is 6.33. The van der Waals surface area contributed by atoms with Gasteiger partial charge in [0.2, 0.25) is 0 Å². The maximum atomic E-state index is 9.93. The molecule has 1 saturated heterocycles. The first-order valence-corrected chi connectivity index (χ1v) is 10.1. The van der Waals surface area contributed by atoms with E-state index in [1.54, 1.807) is 18.6 Å². The topological polar surface area (TPSA) is 82.1 Å². The molecule has 0 amide bonds. The van der Waals surface area contributed by atoms with Crippen LogP contribution in [-0.4, -0.2) is 53.1 Å². The van der Waals surface area contributed by atoms with E-state index in [1.807, 2.05) is 6.92 Å². The minimum Gasteiger partial charge on any atom is -0.438 e. The van der Waals surface area contributed by atoms with Gasteiger partial charge in [0, 0.05) is 43.0 Å². The van der Waals surface area contributed by atoms with Crippen molar-refractivity contribution in [3.63, 3.8) is 0 Å². The molecule has 1 aliphatic heterocycles. The zero-order valence-electron chi connectivity index (χ0n) is 17.0. The monoisotopic (exact) mass is 388 g/mol. The molecule has 148 valence electrons. The van der Waals surface area contributed by atoms with Crippen molar-refractivity contribution in [3.8, 4) is 17.3 Å². The molecule has 29 heavy (non-hydrogen) atoms. The average molecular weight is 388 g/mol. The maximum Gasteiger partial charge on any atom is 0.198 e. The third kappa shape index (κ3) is 2.95. The second-order valence-corrected chi connectivity index (χ2v) is 8.28. The van der Waals surface area contributed by atoms with Gasteiger partial charge in [-0.25, -0.2) is 4.98 Å².